The molecule has 0 spiro atoms. The van der Waals surface area contributed by atoms with Gasteiger partial charge in [-0.05, 0) is 50.3 Å². The molecule has 3 aliphatic rings. The Morgan fingerprint density at radius 2 is 1.86 bits per heavy atom. The molecule has 3 heterocycles. The van der Waals surface area contributed by atoms with Gasteiger partial charge in [-0.25, -0.2) is 4.79 Å². The molecule has 4 rings (SSSR count). The zero-order valence-electron chi connectivity index (χ0n) is 16.8. The highest BCUT2D eigenvalue weighted by Crippen LogP contribution is 2.30. The van der Waals surface area contributed by atoms with Crippen molar-refractivity contribution in [3.8, 4) is 0 Å². The Bertz CT molecular complexity index is 752. The first-order valence-electron chi connectivity index (χ1n) is 10.8. The van der Waals surface area contributed by atoms with Crippen molar-refractivity contribution in [2.24, 2.45) is 5.92 Å². The highest BCUT2D eigenvalue weighted by Gasteiger charge is 2.39. The predicted octanol–water partition coefficient (Wildman–Crippen LogP) is 1.88. The van der Waals surface area contributed by atoms with Crippen molar-refractivity contribution in [3.05, 3.63) is 35.9 Å². The summed E-state index contributed by atoms with van der Waals surface area (Å²) in [7, 11) is 0. The van der Waals surface area contributed by atoms with Crippen LogP contribution in [0.3, 0.4) is 0 Å². The Morgan fingerprint density at radius 1 is 1.07 bits per heavy atom. The zero-order valence-corrected chi connectivity index (χ0v) is 16.8. The van der Waals surface area contributed by atoms with Gasteiger partial charge in [0.2, 0.25) is 5.91 Å². The standard InChI is InChI=1S/C22H30N4O3/c27-20(23-14-17-9-6-12-25-11-5-4-10-19(17)25)13-18-21(28)26(22(29)24-18)15-16-7-2-1-3-8-16/h1-3,7-8,17-19H,4-6,9-15H2,(H,23,27)(H,24,29)/t17-,18-,19+/m0/s1. The maximum absolute atomic E-state index is 12.6. The number of hydrogen-bond acceptors (Lipinski definition) is 4. The topological polar surface area (TPSA) is 81.8 Å². The van der Waals surface area contributed by atoms with Gasteiger partial charge >= 0.3 is 6.03 Å². The van der Waals surface area contributed by atoms with Gasteiger partial charge in [0.1, 0.15) is 6.04 Å². The lowest BCUT2D eigenvalue weighted by molar-refractivity contribution is -0.131. The first-order chi connectivity index (χ1) is 14.1. The number of hydrogen-bond donors (Lipinski definition) is 2. The van der Waals surface area contributed by atoms with Crippen LogP contribution < -0.4 is 10.6 Å². The third-order valence-corrected chi connectivity index (χ3v) is 6.47. The number of imide groups is 1. The lowest BCUT2D eigenvalue weighted by atomic mass is 9.83. The summed E-state index contributed by atoms with van der Waals surface area (Å²) in [6, 6.07) is 8.76. The molecular formula is C22H30N4O3. The molecule has 7 heteroatoms. The van der Waals surface area contributed by atoms with Gasteiger partial charge in [0, 0.05) is 12.6 Å². The molecule has 2 N–H and O–H groups in total. The van der Waals surface area contributed by atoms with Gasteiger partial charge in [-0.1, -0.05) is 36.8 Å². The van der Waals surface area contributed by atoms with E-state index in [0.29, 0.717) is 18.5 Å². The van der Waals surface area contributed by atoms with Gasteiger partial charge in [0.25, 0.3) is 5.91 Å². The van der Waals surface area contributed by atoms with Crippen molar-refractivity contribution in [2.45, 2.75) is 57.2 Å². The Kier molecular flexibility index (Phi) is 6.13. The van der Waals surface area contributed by atoms with E-state index < -0.39 is 12.1 Å². The minimum atomic E-state index is -0.774. The summed E-state index contributed by atoms with van der Waals surface area (Å²) < 4.78 is 0. The van der Waals surface area contributed by atoms with Crippen LogP contribution in [0.4, 0.5) is 4.79 Å². The van der Waals surface area contributed by atoms with Crippen molar-refractivity contribution in [2.75, 3.05) is 19.6 Å². The van der Waals surface area contributed by atoms with Gasteiger partial charge in [0.15, 0.2) is 0 Å². The number of rotatable bonds is 6. The number of carbonyl (C=O) groups is 3. The molecule has 29 heavy (non-hydrogen) atoms. The Morgan fingerprint density at radius 3 is 2.69 bits per heavy atom. The first kappa shape index (κ1) is 19.9. The summed E-state index contributed by atoms with van der Waals surface area (Å²) in [5, 5.41) is 5.68. The largest absolute Gasteiger partial charge is 0.356 e. The van der Waals surface area contributed by atoms with Crippen LogP contribution in [0.5, 0.6) is 0 Å². The van der Waals surface area contributed by atoms with Crippen molar-refractivity contribution in [1.82, 2.24) is 20.4 Å². The molecule has 4 amide bonds. The van der Waals surface area contributed by atoms with Crippen molar-refractivity contribution in [1.29, 1.82) is 0 Å². The Balaban J connectivity index is 1.27. The van der Waals surface area contributed by atoms with Crippen molar-refractivity contribution in [3.63, 3.8) is 0 Å². The summed E-state index contributed by atoms with van der Waals surface area (Å²) in [4.78, 5) is 41.0. The number of piperidine rings is 2. The fraction of sp³-hybridized carbons (Fsp3) is 0.591. The normalized spacial score (nSPS) is 27.4. The predicted molar refractivity (Wildman–Crippen MR) is 109 cm³/mol. The summed E-state index contributed by atoms with van der Waals surface area (Å²) in [5.41, 5.74) is 0.885. The third-order valence-electron chi connectivity index (χ3n) is 6.47. The fourth-order valence-electron chi connectivity index (χ4n) is 4.95. The highest BCUT2D eigenvalue weighted by molar-refractivity contribution is 6.05. The molecule has 0 saturated carbocycles. The van der Waals surface area contributed by atoms with Gasteiger partial charge in [0.05, 0.1) is 13.0 Å². The van der Waals surface area contributed by atoms with E-state index in [1.54, 1.807) is 0 Å². The molecule has 3 fully saturated rings. The minimum Gasteiger partial charge on any atom is -0.356 e. The van der Waals surface area contributed by atoms with Gasteiger partial charge in [-0.3, -0.25) is 14.5 Å². The van der Waals surface area contributed by atoms with Gasteiger partial charge in [-0.2, -0.15) is 0 Å². The molecule has 7 nitrogen and oxygen atoms in total. The Labute approximate surface area is 171 Å². The lowest BCUT2D eigenvalue weighted by Crippen LogP contribution is -2.51. The highest BCUT2D eigenvalue weighted by atomic mass is 16.2. The van der Waals surface area contributed by atoms with E-state index >= 15 is 0 Å². The van der Waals surface area contributed by atoms with Crippen LogP contribution in [-0.2, 0) is 16.1 Å². The third kappa shape index (κ3) is 4.61. The van der Waals surface area contributed by atoms with Crippen molar-refractivity contribution < 1.29 is 14.4 Å². The molecule has 3 aliphatic heterocycles. The number of amides is 4. The molecule has 0 aliphatic carbocycles. The second-order valence-corrected chi connectivity index (χ2v) is 8.42. The molecule has 0 aromatic heterocycles. The molecule has 0 radical (unpaired) electrons. The van der Waals surface area contributed by atoms with Crippen LogP contribution >= 0.6 is 0 Å². The van der Waals surface area contributed by atoms with Gasteiger partial charge < -0.3 is 15.5 Å². The van der Waals surface area contributed by atoms with E-state index in [9.17, 15) is 14.4 Å². The molecule has 1 aromatic rings. The molecule has 0 unspecified atom stereocenters. The number of carbonyl (C=O) groups excluding carboxylic acids is 3. The first-order valence-corrected chi connectivity index (χ1v) is 10.8. The summed E-state index contributed by atoms with van der Waals surface area (Å²) in [6.45, 7) is 3.23. The molecule has 1 aromatic carbocycles. The lowest BCUT2D eigenvalue weighted by Gasteiger charge is -2.44. The summed E-state index contributed by atoms with van der Waals surface area (Å²) in [5.74, 6) is -0.0141. The minimum absolute atomic E-state index is 0.00301. The molecule has 3 saturated heterocycles. The fourth-order valence-corrected chi connectivity index (χ4v) is 4.95. The smallest absolute Gasteiger partial charge is 0.325 e. The molecule has 3 atom stereocenters. The Hall–Kier alpha value is -2.41. The van der Waals surface area contributed by atoms with Crippen LogP contribution in [0, 0.1) is 5.92 Å². The average molecular weight is 399 g/mol. The van der Waals surface area contributed by atoms with E-state index in [4.69, 9.17) is 0 Å². The summed E-state index contributed by atoms with van der Waals surface area (Å²) >= 11 is 0. The summed E-state index contributed by atoms with van der Waals surface area (Å²) in [6.07, 6.45) is 6.08. The second-order valence-electron chi connectivity index (χ2n) is 8.42. The van der Waals surface area contributed by atoms with E-state index in [1.165, 1.54) is 43.7 Å². The van der Waals surface area contributed by atoms with Crippen LogP contribution in [0.2, 0.25) is 0 Å². The van der Waals surface area contributed by atoms with Crippen LogP contribution in [-0.4, -0.2) is 59.4 Å². The maximum Gasteiger partial charge on any atom is 0.325 e. The van der Waals surface area contributed by atoms with E-state index in [-0.39, 0.29) is 24.8 Å². The SMILES string of the molecule is O=C(C[C@@H]1NC(=O)N(Cc2ccccc2)C1=O)NC[C@@H]1CCCN2CCCC[C@H]12. The maximum atomic E-state index is 12.6. The monoisotopic (exact) mass is 398 g/mol. The van der Waals surface area contributed by atoms with Crippen LogP contribution in [0.15, 0.2) is 30.3 Å². The number of nitrogens with zero attached hydrogens (tertiary/aromatic N) is 2. The van der Waals surface area contributed by atoms with Crippen LogP contribution in [0.1, 0.15) is 44.1 Å². The molecular weight excluding hydrogens is 368 g/mol. The quantitative estimate of drug-likeness (QED) is 0.717. The van der Waals surface area contributed by atoms with Crippen molar-refractivity contribution >= 4 is 17.8 Å². The van der Waals surface area contributed by atoms with E-state index in [0.717, 1.165) is 12.0 Å². The number of nitrogens with one attached hydrogen (secondary N) is 2. The van der Waals surface area contributed by atoms with Gasteiger partial charge in [-0.15, -0.1) is 0 Å². The number of benzene rings is 1. The molecule has 156 valence electrons. The number of fused-ring (bicyclic) bond motifs is 1. The average Bonchev–Trinajstić information content (AvgIpc) is 3.00. The number of urea groups is 1. The van der Waals surface area contributed by atoms with E-state index in [2.05, 4.69) is 15.5 Å². The van der Waals surface area contributed by atoms with Crippen LogP contribution in [0.25, 0.3) is 0 Å². The molecule has 0 bridgehead atoms. The van der Waals surface area contributed by atoms with E-state index in [1.807, 2.05) is 30.3 Å². The second kappa shape index (κ2) is 8.95. The zero-order chi connectivity index (χ0) is 20.2.